The zero-order chi connectivity index (χ0) is 23.4. The number of aryl methyl sites for hydroxylation is 1. The van der Waals surface area contributed by atoms with E-state index < -0.39 is 36.5 Å². The van der Waals surface area contributed by atoms with Crippen molar-refractivity contribution < 1.29 is 36.3 Å². The quantitative estimate of drug-likeness (QED) is 0.603. The molecule has 1 unspecified atom stereocenters. The Labute approximate surface area is 173 Å². The van der Waals surface area contributed by atoms with Crippen LogP contribution in [-0.4, -0.2) is 45.3 Å². The first kappa shape index (κ1) is 24.0. The van der Waals surface area contributed by atoms with Crippen LogP contribution in [0.3, 0.4) is 0 Å². The van der Waals surface area contributed by atoms with Crippen molar-refractivity contribution in [2.45, 2.75) is 38.4 Å². The Morgan fingerprint density at radius 1 is 1.23 bits per heavy atom. The molecule has 2 heterocycles. The van der Waals surface area contributed by atoms with E-state index in [0.717, 1.165) is 10.7 Å². The summed E-state index contributed by atoms with van der Waals surface area (Å²) in [5.41, 5.74) is 0.361. The van der Waals surface area contributed by atoms with Gasteiger partial charge in [0, 0.05) is 25.7 Å². The number of carbonyl (C=O) groups is 2. The van der Waals surface area contributed by atoms with Crippen molar-refractivity contribution in [3.63, 3.8) is 0 Å². The Hall–Kier alpha value is -3.25. The Balaban J connectivity index is 2.05. The fourth-order valence-electron chi connectivity index (χ4n) is 2.31. The van der Waals surface area contributed by atoms with E-state index in [1.807, 2.05) is 0 Å². The monoisotopic (exact) mass is 449 g/mol. The third-order valence-electron chi connectivity index (χ3n) is 4.11. The Bertz CT molecular complexity index is 945. The highest BCUT2D eigenvalue weighted by atomic mass is 19.4. The molecule has 0 aliphatic rings. The fourth-order valence-corrected chi connectivity index (χ4v) is 2.31. The molecule has 0 radical (unpaired) electrons. The zero-order valence-corrected chi connectivity index (χ0v) is 16.8. The first-order valence-electron chi connectivity index (χ1n) is 9.02. The van der Waals surface area contributed by atoms with E-state index in [4.69, 9.17) is 0 Å². The van der Waals surface area contributed by atoms with Crippen molar-refractivity contribution >= 4 is 17.6 Å². The van der Waals surface area contributed by atoms with Gasteiger partial charge in [0.15, 0.2) is 12.3 Å². The van der Waals surface area contributed by atoms with Crippen LogP contribution in [0, 0.1) is 0 Å². The molecule has 31 heavy (non-hydrogen) atoms. The van der Waals surface area contributed by atoms with Crippen molar-refractivity contribution in [2.24, 2.45) is 7.05 Å². The summed E-state index contributed by atoms with van der Waals surface area (Å²) in [5, 5.41) is 8.96. The van der Waals surface area contributed by atoms with Crippen LogP contribution in [0.1, 0.15) is 42.4 Å². The average Bonchev–Trinajstić information content (AvgIpc) is 3.06. The van der Waals surface area contributed by atoms with Gasteiger partial charge < -0.3 is 15.4 Å². The Morgan fingerprint density at radius 2 is 1.90 bits per heavy atom. The van der Waals surface area contributed by atoms with Crippen molar-refractivity contribution in [2.75, 3.05) is 11.9 Å². The van der Waals surface area contributed by atoms with Crippen molar-refractivity contribution in [3.8, 4) is 5.88 Å². The van der Waals surface area contributed by atoms with Gasteiger partial charge in [0.2, 0.25) is 11.8 Å². The molecule has 2 N–H and O–H groups in total. The predicted octanol–water partition coefficient (Wildman–Crippen LogP) is 3.23. The summed E-state index contributed by atoms with van der Waals surface area (Å²) in [5.74, 6) is -6.14. The molecule has 0 fully saturated rings. The summed E-state index contributed by atoms with van der Waals surface area (Å²) >= 11 is 0. The summed E-state index contributed by atoms with van der Waals surface area (Å²) in [7, 11) is 1.23. The molecule has 0 aromatic carbocycles. The second-order valence-electron chi connectivity index (χ2n) is 6.55. The summed E-state index contributed by atoms with van der Waals surface area (Å²) in [6.07, 6.45) is -4.06. The van der Waals surface area contributed by atoms with E-state index in [0.29, 0.717) is 11.4 Å². The van der Waals surface area contributed by atoms with Gasteiger partial charge in [-0.25, -0.2) is 9.67 Å². The Kier molecular flexibility index (Phi) is 7.18. The smallest absolute Gasteiger partial charge is 0.456 e. The van der Waals surface area contributed by atoms with E-state index in [2.05, 4.69) is 25.5 Å². The second-order valence-corrected chi connectivity index (χ2v) is 6.55. The van der Waals surface area contributed by atoms with E-state index in [-0.39, 0.29) is 18.0 Å². The minimum atomic E-state index is -5.76. The van der Waals surface area contributed by atoms with Crippen molar-refractivity contribution in [1.29, 1.82) is 0 Å². The lowest BCUT2D eigenvalue weighted by molar-refractivity contribution is -0.290. The van der Waals surface area contributed by atoms with Gasteiger partial charge in [0.05, 0.1) is 6.04 Å². The van der Waals surface area contributed by atoms with E-state index >= 15 is 0 Å². The molecular weight excluding hydrogens is 429 g/mol. The lowest BCUT2D eigenvalue weighted by atomic mass is 10.1. The van der Waals surface area contributed by atoms with E-state index in [9.17, 15) is 31.5 Å². The molecule has 0 saturated heterocycles. The van der Waals surface area contributed by atoms with Gasteiger partial charge in [0.1, 0.15) is 5.82 Å². The minimum Gasteiger partial charge on any atom is -0.471 e. The topological polar surface area (TPSA) is 98.1 Å². The van der Waals surface area contributed by atoms with Crippen LogP contribution in [0.2, 0.25) is 0 Å². The number of nitrogens with zero attached hydrogens (tertiary/aromatic N) is 3. The van der Waals surface area contributed by atoms with Gasteiger partial charge in [-0.3, -0.25) is 9.59 Å². The summed E-state index contributed by atoms with van der Waals surface area (Å²) in [6, 6.07) is 3.56. The van der Waals surface area contributed by atoms with E-state index in [1.165, 1.54) is 13.2 Å². The first-order chi connectivity index (χ1) is 14.3. The van der Waals surface area contributed by atoms with Crippen LogP contribution in [-0.2, 0) is 11.8 Å². The van der Waals surface area contributed by atoms with Crippen LogP contribution < -0.4 is 15.4 Å². The van der Waals surface area contributed by atoms with Crippen LogP contribution in [0.5, 0.6) is 5.88 Å². The highest BCUT2D eigenvalue weighted by Crippen LogP contribution is 2.35. The van der Waals surface area contributed by atoms with Gasteiger partial charge in [-0.1, -0.05) is 6.92 Å². The van der Waals surface area contributed by atoms with Crippen molar-refractivity contribution in [1.82, 2.24) is 20.1 Å². The average molecular weight is 449 g/mol. The molecule has 0 saturated carbocycles. The number of rotatable bonds is 8. The number of carbonyl (C=O) groups excluding carboxylic acids is 2. The molecule has 0 bridgehead atoms. The maximum absolute atomic E-state index is 13.0. The van der Waals surface area contributed by atoms with Crippen LogP contribution in [0.4, 0.5) is 27.8 Å². The number of nitrogens with one attached hydrogen (secondary N) is 2. The predicted molar refractivity (Wildman–Crippen MR) is 98.7 cm³/mol. The van der Waals surface area contributed by atoms with Gasteiger partial charge in [0.25, 0.3) is 5.91 Å². The first-order valence-corrected chi connectivity index (χ1v) is 9.02. The number of hydrogen-bond donors (Lipinski definition) is 2. The molecule has 0 aliphatic heterocycles. The zero-order valence-electron chi connectivity index (χ0n) is 16.8. The SMILES string of the molecule is CCC(=O)Nc1cc(C(C)NC(=O)c2cc(OCC(F)(F)C(F)(F)F)n(C)n2)ccn1. The second kappa shape index (κ2) is 9.27. The maximum atomic E-state index is 13.0. The van der Waals surface area contributed by atoms with Crippen LogP contribution in [0.25, 0.3) is 0 Å². The molecule has 2 aromatic rings. The number of halogens is 5. The van der Waals surface area contributed by atoms with E-state index in [1.54, 1.807) is 26.0 Å². The fraction of sp³-hybridized carbons (Fsp3) is 0.444. The van der Waals surface area contributed by atoms with Gasteiger partial charge in [-0.05, 0) is 24.6 Å². The number of ether oxygens (including phenoxy) is 1. The molecule has 0 aliphatic carbocycles. The third-order valence-corrected chi connectivity index (χ3v) is 4.11. The van der Waals surface area contributed by atoms with Gasteiger partial charge >= 0.3 is 12.1 Å². The molecule has 2 aromatic heterocycles. The normalized spacial score (nSPS) is 12.9. The molecule has 170 valence electrons. The summed E-state index contributed by atoms with van der Waals surface area (Å²) < 4.78 is 68.2. The molecule has 2 rings (SSSR count). The summed E-state index contributed by atoms with van der Waals surface area (Å²) in [4.78, 5) is 27.9. The Morgan fingerprint density at radius 3 is 2.52 bits per heavy atom. The number of hydrogen-bond acceptors (Lipinski definition) is 5. The van der Waals surface area contributed by atoms with Crippen LogP contribution in [0.15, 0.2) is 24.4 Å². The number of alkyl halides is 5. The number of anilines is 1. The van der Waals surface area contributed by atoms with Crippen molar-refractivity contribution in [3.05, 3.63) is 35.7 Å². The van der Waals surface area contributed by atoms with Crippen LogP contribution >= 0.6 is 0 Å². The largest absolute Gasteiger partial charge is 0.471 e. The molecule has 8 nitrogen and oxygen atoms in total. The van der Waals surface area contributed by atoms with Gasteiger partial charge in [-0.15, -0.1) is 0 Å². The molecular formula is C18H20F5N5O3. The highest BCUT2D eigenvalue weighted by Gasteiger charge is 2.58. The summed E-state index contributed by atoms with van der Waals surface area (Å²) in [6.45, 7) is 1.37. The molecule has 13 heteroatoms. The standard InChI is InChI=1S/C18H20F5N5O3/c1-4-14(29)26-13-7-11(5-6-24-13)10(2)25-16(30)12-8-15(28(3)27-12)31-9-17(19,20)18(21,22)23/h5-8,10H,4,9H2,1-3H3,(H,25,30)(H,24,26,29). The number of aromatic nitrogens is 3. The maximum Gasteiger partial charge on any atom is 0.456 e. The highest BCUT2D eigenvalue weighted by molar-refractivity contribution is 5.93. The molecule has 2 amide bonds. The number of amides is 2. The minimum absolute atomic E-state index is 0.238. The third kappa shape index (κ3) is 6.12. The molecule has 0 spiro atoms. The van der Waals surface area contributed by atoms with Gasteiger partial charge in [-0.2, -0.15) is 27.1 Å². The lowest BCUT2D eigenvalue weighted by Crippen LogP contribution is -2.42. The lowest BCUT2D eigenvalue weighted by Gasteiger charge is -2.19. The number of pyridine rings is 1. The molecule has 1 atom stereocenters.